The smallest absolute Gasteiger partial charge is 0.254 e. The van der Waals surface area contributed by atoms with E-state index in [1.54, 1.807) is 18.2 Å². The fourth-order valence-electron chi connectivity index (χ4n) is 4.43. The maximum atomic E-state index is 13.3. The first-order chi connectivity index (χ1) is 15.1. The van der Waals surface area contributed by atoms with E-state index in [0.717, 1.165) is 16.6 Å². The third-order valence-corrected chi connectivity index (χ3v) is 6.05. The highest BCUT2D eigenvalue weighted by atomic mass is 16.6. The summed E-state index contributed by atoms with van der Waals surface area (Å²) in [5, 5.41) is 0.868. The van der Waals surface area contributed by atoms with Crippen LogP contribution in [0.2, 0.25) is 0 Å². The highest BCUT2D eigenvalue weighted by molar-refractivity contribution is 6.06. The summed E-state index contributed by atoms with van der Waals surface area (Å²) in [4.78, 5) is 32.7. The minimum Gasteiger partial charge on any atom is -0.486 e. The molecule has 0 spiro atoms. The van der Waals surface area contributed by atoms with Gasteiger partial charge in [0.05, 0.1) is 11.1 Å². The molecular weight excluding hydrogens is 392 g/mol. The summed E-state index contributed by atoms with van der Waals surface area (Å²) in [7, 11) is 0. The normalized spacial score (nSPS) is 16.4. The lowest BCUT2D eigenvalue weighted by atomic mass is 9.88. The van der Waals surface area contributed by atoms with Crippen molar-refractivity contribution in [2.24, 2.45) is 5.92 Å². The van der Waals surface area contributed by atoms with Crippen molar-refractivity contribution >= 4 is 22.6 Å². The number of likely N-dealkylation sites (tertiary alicyclic amines) is 1. The summed E-state index contributed by atoms with van der Waals surface area (Å²) in [6, 6.07) is 15.0. The number of carbonyl (C=O) groups excluding carboxylic acids is 2. The molecule has 2 aliphatic rings. The molecule has 31 heavy (non-hydrogen) atoms. The molecule has 0 atom stereocenters. The Labute approximate surface area is 180 Å². The second-order valence-corrected chi connectivity index (χ2v) is 8.12. The van der Waals surface area contributed by atoms with Crippen molar-refractivity contribution in [1.29, 1.82) is 0 Å². The molecule has 1 aromatic heterocycles. The van der Waals surface area contributed by atoms with E-state index in [0.29, 0.717) is 61.8 Å². The quantitative estimate of drug-likeness (QED) is 0.603. The number of Topliss-reactive ketones (excluding diaryl/α,β-unsaturated/α-hetero) is 1. The number of hydrogen-bond acceptors (Lipinski definition) is 5. The van der Waals surface area contributed by atoms with Crippen LogP contribution in [0, 0.1) is 12.8 Å². The van der Waals surface area contributed by atoms with Crippen molar-refractivity contribution in [1.82, 2.24) is 9.88 Å². The lowest BCUT2D eigenvalue weighted by molar-refractivity contribution is 0.0651. The SMILES string of the molecule is Cc1cc(C(=O)N2CCC(C(=O)c3ccc4c(c3)OCCO4)CC2)c2ccccc2n1. The summed E-state index contributed by atoms with van der Waals surface area (Å²) in [5.41, 5.74) is 2.98. The number of aromatic nitrogens is 1. The van der Waals surface area contributed by atoms with E-state index in [9.17, 15) is 9.59 Å². The Kier molecular flexibility index (Phi) is 5.06. The van der Waals surface area contributed by atoms with Crippen LogP contribution in [0.3, 0.4) is 0 Å². The molecule has 0 radical (unpaired) electrons. The van der Waals surface area contributed by atoms with Gasteiger partial charge in [-0.05, 0) is 50.1 Å². The van der Waals surface area contributed by atoms with E-state index < -0.39 is 0 Å². The Hall–Kier alpha value is -3.41. The van der Waals surface area contributed by atoms with E-state index in [-0.39, 0.29) is 17.6 Å². The number of nitrogens with zero attached hydrogens (tertiary/aromatic N) is 2. The molecule has 0 aliphatic carbocycles. The third-order valence-electron chi connectivity index (χ3n) is 6.05. The molecule has 0 N–H and O–H groups in total. The Balaban J connectivity index is 1.29. The monoisotopic (exact) mass is 416 g/mol. The van der Waals surface area contributed by atoms with Crippen molar-refractivity contribution in [2.75, 3.05) is 26.3 Å². The van der Waals surface area contributed by atoms with Crippen molar-refractivity contribution in [3.63, 3.8) is 0 Å². The van der Waals surface area contributed by atoms with E-state index in [2.05, 4.69) is 4.98 Å². The Morgan fingerprint density at radius 2 is 1.71 bits per heavy atom. The number of ketones is 1. The number of carbonyl (C=O) groups is 2. The first-order valence-electron chi connectivity index (χ1n) is 10.7. The van der Waals surface area contributed by atoms with Gasteiger partial charge in [0, 0.05) is 35.7 Å². The molecule has 2 aliphatic heterocycles. The molecule has 3 aromatic rings. The lowest BCUT2D eigenvalue weighted by Gasteiger charge is -2.32. The van der Waals surface area contributed by atoms with Crippen LogP contribution in [0.5, 0.6) is 11.5 Å². The topological polar surface area (TPSA) is 68.7 Å². The van der Waals surface area contributed by atoms with E-state index >= 15 is 0 Å². The zero-order chi connectivity index (χ0) is 21.4. The van der Waals surface area contributed by atoms with Crippen molar-refractivity contribution in [3.05, 3.63) is 65.4 Å². The summed E-state index contributed by atoms with van der Waals surface area (Å²) in [5.74, 6) is 1.33. The first kappa shape index (κ1) is 19.5. The lowest BCUT2D eigenvalue weighted by Crippen LogP contribution is -2.40. The van der Waals surface area contributed by atoms with Gasteiger partial charge in [0.2, 0.25) is 0 Å². The van der Waals surface area contributed by atoms with Crippen molar-refractivity contribution in [2.45, 2.75) is 19.8 Å². The van der Waals surface area contributed by atoms with Crippen LogP contribution in [0.1, 0.15) is 39.3 Å². The number of benzene rings is 2. The van der Waals surface area contributed by atoms with E-state index in [4.69, 9.17) is 9.47 Å². The maximum absolute atomic E-state index is 13.3. The first-order valence-corrected chi connectivity index (χ1v) is 10.7. The van der Waals surface area contributed by atoms with Crippen LogP contribution in [-0.2, 0) is 0 Å². The molecule has 3 heterocycles. The van der Waals surface area contributed by atoms with Gasteiger partial charge in [-0.25, -0.2) is 0 Å². The second-order valence-electron chi connectivity index (χ2n) is 8.12. The van der Waals surface area contributed by atoms with E-state index in [1.807, 2.05) is 42.2 Å². The highest BCUT2D eigenvalue weighted by Crippen LogP contribution is 2.33. The van der Waals surface area contributed by atoms with Crippen molar-refractivity contribution in [3.8, 4) is 11.5 Å². The van der Waals surface area contributed by atoms with Gasteiger partial charge in [-0.1, -0.05) is 18.2 Å². The summed E-state index contributed by atoms with van der Waals surface area (Å²) >= 11 is 0. The zero-order valence-corrected chi connectivity index (χ0v) is 17.5. The Morgan fingerprint density at radius 3 is 2.52 bits per heavy atom. The molecule has 5 rings (SSSR count). The van der Waals surface area contributed by atoms with Gasteiger partial charge in [-0.15, -0.1) is 0 Å². The largest absolute Gasteiger partial charge is 0.486 e. The van der Waals surface area contributed by atoms with E-state index in [1.165, 1.54) is 0 Å². The molecule has 0 unspecified atom stereocenters. The predicted octanol–water partition coefficient (Wildman–Crippen LogP) is 4.05. The minimum atomic E-state index is -0.0949. The van der Waals surface area contributed by atoms with Gasteiger partial charge >= 0.3 is 0 Å². The summed E-state index contributed by atoms with van der Waals surface area (Å²) in [6.07, 6.45) is 1.31. The number of piperidine rings is 1. The number of rotatable bonds is 3. The number of pyridine rings is 1. The average Bonchev–Trinajstić information content (AvgIpc) is 2.82. The van der Waals surface area contributed by atoms with Gasteiger partial charge in [-0.2, -0.15) is 0 Å². The van der Waals surface area contributed by atoms with Crippen LogP contribution in [0.25, 0.3) is 10.9 Å². The molecule has 6 nitrogen and oxygen atoms in total. The second kappa shape index (κ2) is 8.02. The van der Waals surface area contributed by atoms with Gasteiger partial charge in [0.25, 0.3) is 5.91 Å². The molecule has 1 amide bonds. The molecule has 1 fully saturated rings. The minimum absolute atomic E-state index is 0.00642. The van der Waals surface area contributed by atoms with Crippen LogP contribution >= 0.6 is 0 Å². The van der Waals surface area contributed by atoms with Crippen molar-refractivity contribution < 1.29 is 19.1 Å². The Morgan fingerprint density at radius 1 is 0.968 bits per heavy atom. The van der Waals surface area contributed by atoms with Gasteiger partial charge in [0.15, 0.2) is 17.3 Å². The number of hydrogen-bond donors (Lipinski definition) is 0. The summed E-state index contributed by atoms with van der Waals surface area (Å²) < 4.78 is 11.1. The fourth-order valence-corrected chi connectivity index (χ4v) is 4.43. The van der Waals surface area contributed by atoms with Crippen LogP contribution in [0.4, 0.5) is 0 Å². The Bertz CT molecular complexity index is 1170. The van der Waals surface area contributed by atoms with Crippen LogP contribution < -0.4 is 9.47 Å². The molecule has 0 bridgehead atoms. The standard InChI is InChI=1S/C25H24N2O4/c1-16-14-20(19-4-2-3-5-21(19)26-16)25(29)27-10-8-17(9-11-27)24(28)18-6-7-22-23(15-18)31-13-12-30-22/h2-7,14-15,17H,8-13H2,1H3. The van der Waals surface area contributed by atoms with Crippen LogP contribution in [-0.4, -0.2) is 47.9 Å². The molecule has 2 aromatic carbocycles. The number of para-hydroxylation sites is 1. The average molecular weight is 416 g/mol. The molecule has 1 saturated heterocycles. The molecule has 0 saturated carbocycles. The third kappa shape index (κ3) is 3.74. The fraction of sp³-hybridized carbons (Fsp3) is 0.320. The maximum Gasteiger partial charge on any atom is 0.254 e. The van der Waals surface area contributed by atoms with Gasteiger partial charge in [-0.3, -0.25) is 14.6 Å². The number of aryl methyl sites for hydroxylation is 1. The predicted molar refractivity (Wildman–Crippen MR) is 117 cm³/mol. The molecular formula is C25H24N2O4. The summed E-state index contributed by atoms with van der Waals surface area (Å²) in [6.45, 7) is 4.06. The number of amides is 1. The zero-order valence-electron chi connectivity index (χ0n) is 17.5. The number of ether oxygens (including phenoxy) is 2. The van der Waals surface area contributed by atoms with Gasteiger partial charge in [0.1, 0.15) is 13.2 Å². The molecule has 158 valence electrons. The molecule has 6 heteroatoms. The van der Waals surface area contributed by atoms with Gasteiger partial charge < -0.3 is 14.4 Å². The number of fused-ring (bicyclic) bond motifs is 2. The van der Waals surface area contributed by atoms with Crippen LogP contribution in [0.15, 0.2) is 48.5 Å². The highest BCUT2D eigenvalue weighted by Gasteiger charge is 2.30.